The lowest BCUT2D eigenvalue weighted by atomic mass is 9.94. The number of carbonyl (C=O) groups is 1. The Kier molecular flexibility index (Phi) is 6.48. The Morgan fingerprint density at radius 2 is 1.96 bits per heavy atom. The smallest absolute Gasteiger partial charge is 0.234 e. The lowest BCUT2D eigenvalue weighted by Crippen LogP contribution is -2.45. The van der Waals surface area contributed by atoms with Gasteiger partial charge in [0.05, 0.1) is 12.0 Å². The molecule has 1 aliphatic rings. The summed E-state index contributed by atoms with van der Waals surface area (Å²) >= 11 is 12.9. The zero-order valence-corrected chi connectivity index (χ0v) is 16.2. The first-order valence-corrected chi connectivity index (χ1v) is 9.42. The van der Waals surface area contributed by atoms with Gasteiger partial charge in [-0.25, -0.2) is 0 Å². The van der Waals surface area contributed by atoms with Gasteiger partial charge in [-0.3, -0.25) is 9.69 Å². The van der Waals surface area contributed by atoms with Crippen LogP contribution in [0.2, 0.25) is 5.02 Å². The van der Waals surface area contributed by atoms with Crippen LogP contribution in [0, 0.1) is 11.8 Å². The summed E-state index contributed by atoms with van der Waals surface area (Å²) in [5.41, 5.74) is 0.941. The Hall–Kier alpha value is -0.620. The molecule has 23 heavy (non-hydrogen) atoms. The van der Waals surface area contributed by atoms with Gasteiger partial charge in [0.2, 0.25) is 5.91 Å². The third-order valence-corrected chi connectivity index (χ3v) is 5.96. The summed E-state index contributed by atoms with van der Waals surface area (Å²) in [4.78, 5) is 14.8. The molecule has 3 atom stereocenters. The maximum Gasteiger partial charge on any atom is 0.234 e. The van der Waals surface area contributed by atoms with Crippen LogP contribution in [-0.4, -0.2) is 34.0 Å². The van der Waals surface area contributed by atoms with Crippen LogP contribution >= 0.6 is 35.6 Å². The number of nitrogens with zero attached hydrogens (tertiary/aromatic N) is 1. The highest BCUT2D eigenvalue weighted by atomic mass is 35.5. The number of methoxy groups -OCH3 is 1. The van der Waals surface area contributed by atoms with E-state index in [9.17, 15) is 4.79 Å². The van der Waals surface area contributed by atoms with E-state index in [0.717, 1.165) is 11.3 Å². The van der Waals surface area contributed by atoms with Crippen LogP contribution in [-0.2, 0) is 9.53 Å². The highest BCUT2D eigenvalue weighted by Gasteiger charge is 2.39. The van der Waals surface area contributed by atoms with Crippen molar-refractivity contribution in [2.24, 2.45) is 11.8 Å². The van der Waals surface area contributed by atoms with E-state index in [0.29, 0.717) is 15.3 Å². The van der Waals surface area contributed by atoms with Crippen LogP contribution in [0.3, 0.4) is 0 Å². The molecule has 1 heterocycles. The Morgan fingerprint density at radius 1 is 1.35 bits per heavy atom. The molecule has 0 N–H and O–H groups in total. The molecule has 1 aliphatic heterocycles. The van der Waals surface area contributed by atoms with Crippen molar-refractivity contribution in [3.63, 3.8) is 0 Å². The molecule has 6 heteroatoms. The number of rotatable bonds is 5. The Morgan fingerprint density at radius 3 is 2.48 bits per heavy atom. The van der Waals surface area contributed by atoms with Crippen molar-refractivity contribution < 1.29 is 9.53 Å². The molecular formula is C17H22ClNO2S2. The molecule has 0 unspecified atom stereocenters. The van der Waals surface area contributed by atoms with Crippen LogP contribution < -0.4 is 0 Å². The normalized spacial score (nSPS) is 20.9. The summed E-state index contributed by atoms with van der Waals surface area (Å²) in [5.74, 6) is 0.947. The van der Waals surface area contributed by atoms with Crippen molar-refractivity contribution >= 4 is 45.8 Å². The topological polar surface area (TPSA) is 29.5 Å². The van der Waals surface area contributed by atoms with Crippen molar-refractivity contribution in [2.75, 3.05) is 12.9 Å². The molecular weight excluding hydrogens is 350 g/mol. The van der Waals surface area contributed by atoms with Gasteiger partial charge < -0.3 is 4.74 Å². The van der Waals surface area contributed by atoms with E-state index in [4.69, 9.17) is 28.6 Å². The summed E-state index contributed by atoms with van der Waals surface area (Å²) in [6.45, 7) is 6.14. The number of benzene rings is 1. The Balaban J connectivity index is 2.22. The monoisotopic (exact) mass is 371 g/mol. The van der Waals surface area contributed by atoms with Crippen LogP contribution in [0.4, 0.5) is 0 Å². The van der Waals surface area contributed by atoms with E-state index < -0.39 is 0 Å². The molecule has 3 nitrogen and oxygen atoms in total. The van der Waals surface area contributed by atoms with Crippen molar-refractivity contribution in [3.8, 4) is 0 Å². The first kappa shape index (κ1) is 18.7. The third kappa shape index (κ3) is 4.08. The first-order chi connectivity index (χ1) is 10.9. The molecule has 2 rings (SSSR count). The Labute approximate surface area is 152 Å². The molecule has 1 saturated heterocycles. The van der Waals surface area contributed by atoms with Crippen LogP contribution in [0.25, 0.3) is 0 Å². The number of amides is 1. The van der Waals surface area contributed by atoms with Crippen molar-refractivity contribution in [1.82, 2.24) is 4.90 Å². The molecule has 1 fully saturated rings. The van der Waals surface area contributed by atoms with Crippen LogP contribution in [0.5, 0.6) is 0 Å². The minimum absolute atomic E-state index is 0.0282. The largest absolute Gasteiger partial charge is 0.376 e. The molecule has 0 saturated carbocycles. The minimum atomic E-state index is -0.320. The second-order valence-corrected chi connectivity index (χ2v) is 8.18. The molecule has 0 aromatic heterocycles. The number of hydrogen-bond donors (Lipinski definition) is 0. The number of thioether (sulfide) groups is 1. The fourth-order valence-corrected chi connectivity index (χ4v) is 4.58. The van der Waals surface area contributed by atoms with Gasteiger partial charge in [0.15, 0.2) is 0 Å². The minimum Gasteiger partial charge on any atom is -0.376 e. The van der Waals surface area contributed by atoms with Crippen molar-refractivity contribution in [3.05, 3.63) is 34.9 Å². The maximum atomic E-state index is 13.0. The quantitative estimate of drug-likeness (QED) is 0.710. The highest BCUT2D eigenvalue weighted by molar-refractivity contribution is 8.23. The molecule has 0 bridgehead atoms. The average Bonchev–Trinajstić information content (AvgIpc) is 2.91. The standard InChI is InChI=1S/C17H22ClNO2S2/c1-10(2)14-9-23-17(22)19(14)16(20)11(3)15(21-4)12-5-7-13(18)8-6-12/h5-8,10-11,14-15H,9H2,1-4H3/t11-,14-,15+/m1/s1. The number of hydrogen-bond acceptors (Lipinski definition) is 4. The number of carbonyl (C=O) groups excluding carboxylic acids is 1. The third-order valence-electron chi connectivity index (χ3n) is 4.21. The van der Waals surface area contributed by atoms with Crippen molar-refractivity contribution in [1.29, 1.82) is 0 Å². The van der Waals surface area contributed by atoms with E-state index in [1.54, 1.807) is 23.8 Å². The Bertz CT molecular complexity index is 576. The molecule has 0 spiro atoms. The van der Waals surface area contributed by atoms with Gasteiger partial charge in [0.1, 0.15) is 4.32 Å². The maximum absolute atomic E-state index is 13.0. The summed E-state index contributed by atoms with van der Waals surface area (Å²) in [5, 5.41) is 0.666. The summed E-state index contributed by atoms with van der Waals surface area (Å²) in [6.07, 6.45) is -0.319. The van der Waals surface area contributed by atoms with Gasteiger partial charge >= 0.3 is 0 Å². The lowest BCUT2D eigenvalue weighted by molar-refractivity contribution is -0.137. The molecule has 1 aromatic rings. The lowest BCUT2D eigenvalue weighted by Gasteiger charge is -2.31. The van der Waals surface area contributed by atoms with E-state index in [2.05, 4.69) is 13.8 Å². The number of halogens is 1. The predicted molar refractivity (Wildman–Crippen MR) is 101 cm³/mol. The number of thiocarbonyl (C=S) groups is 1. The zero-order chi connectivity index (χ0) is 17.1. The second kappa shape index (κ2) is 7.97. The van der Waals surface area contributed by atoms with Gasteiger partial charge in [-0.15, -0.1) is 0 Å². The number of ether oxygens (including phenoxy) is 1. The summed E-state index contributed by atoms with van der Waals surface area (Å²) in [6, 6.07) is 7.58. The average molecular weight is 372 g/mol. The van der Waals surface area contributed by atoms with Gasteiger partial charge in [0.25, 0.3) is 0 Å². The van der Waals surface area contributed by atoms with E-state index >= 15 is 0 Å². The zero-order valence-electron chi connectivity index (χ0n) is 13.8. The first-order valence-electron chi connectivity index (χ1n) is 7.65. The molecule has 126 valence electrons. The fourth-order valence-electron chi connectivity index (χ4n) is 2.81. The molecule has 0 radical (unpaired) electrons. The molecule has 1 aromatic carbocycles. The predicted octanol–water partition coefficient (Wildman–Crippen LogP) is 4.55. The highest BCUT2D eigenvalue weighted by Crippen LogP contribution is 2.34. The molecule has 0 aliphatic carbocycles. The van der Waals surface area contributed by atoms with E-state index in [1.807, 2.05) is 31.2 Å². The SMILES string of the molecule is CO[C@H](c1ccc(Cl)cc1)[C@@H](C)C(=O)N1C(=S)SC[C@@H]1C(C)C. The van der Waals surface area contributed by atoms with Gasteiger partial charge in [0, 0.05) is 23.9 Å². The van der Waals surface area contributed by atoms with Crippen LogP contribution in [0.15, 0.2) is 24.3 Å². The van der Waals surface area contributed by atoms with E-state index in [-0.39, 0.29) is 24.0 Å². The van der Waals surface area contributed by atoms with Gasteiger partial charge in [-0.2, -0.15) is 0 Å². The van der Waals surface area contributed by atoms with E-state index in [1.165, 1.54) is 0 Å². The van der Waals surface area contributed by atoms with Gasteiger partial charge in [-0.05, 0) is 23.6 Å². The molecule has 1 amide bonds. The van der Waals surface area contributed by atoms with Crippen molar-refractivity contribution in [2.45, 2.75) is 32.9 Å². The van der Waals surface area contributed by atoms with Crippen LogP contribution in [0.1, 0.15) is 32.4 Å². The fraction of sp³-hybridized carbons (Fsp3) is 0.529. The second-order valence-electron chi connectivity index (χ2n) is 6.09. The summed E-state index contributed by atoms with van der Waals surface area (Å²) < 4.78 is 6.28. The summed E-state index contributed by atoms with van der Waals surface area (Å²) in [7, 11) is 1.63. The van der Waals surface area contributed by atoms with Gasteiger partial charge in [-0.1, -0.05) is 68.5 Å².